The smallest absolute Gasteiger partial charge is 0.271 e. The average Bonchev–Trinajstić information content (AvgIpc) is 3.25. The molecule has 3 aromatic rings. The van der Waals surface area contributed by atoms with Crippen LogP contribution in [0.4, 0.5) is 8.78 Å². The van der Waals surface area contributed by atoms with Crippen LogP contribution in [-0.2, 0) is 16.1 Å². The number of halogens is 2. The van der Waals surface area contributed by atoms with Gasteiger partial charge in [0.25, 0.3) is 11.8 Å². The molecule has 1 aliphatic rings. The van der Waals surface area contributed by atoms with Crippen LogP contribution in [0.3, 0.4) is 0 Å². The molecule has 0 fully saturated rings. The van der Waals surface area contributed by atoms with Crippen molar-refractivity contribution in [1.82, 2.24) is 4.90 Å². The topological polar surface area (TPSA) is 74.3 Å². The Kier molecular flexibility index (Phi) is 5.52. The number of benzene rings is 2. The van der Waals surface area contributed by atoms with E-state index in [9.17, 15) is 23.6 Å². The number of hydrogen-bond donors (Lipinski definition) is 0. The van der Waals surface area contributed by atoms with Gasteiger partial charge in [-0.3, -0.25) is 14.5 Å². The van der Waals surface area contributed by atoms with Crippen LogP contribution in [0.25, 0.3) is 17.4 Å². The highest BCUT2D eigenvalue weighted by molar-refractivity contribution is 6.19. The fourth-order valence-electron chi connectivity index (χ4n) is 3.39. The van der Waals surface area contributed by atoms with Crippen molar-refractivity contribution in [2.75, 3.05) is 0 Å². The summed E-state index contributed by atoms with van der Waals surface area (Å²) in [5.74, 6) is -1.29. The number of amides is 2. The van der Waals surface area contributed by atoms with Crippen LogP contribution >= 0.6 is 0 Å². The molecule has 0 radical (unpaired) electrons. The van der Waals surface area contributed by atoms with E-state index in [0.29, 0.717) is 22.6 Å². The van der Waals surface area contributed by atoms with Gasteiger partial charge in [0.05, 0.1) is 6.54 Å². The van der Waals surface area contributed by atoms with Gasteiger partial charge in [0.2, 0.25) is 0 Å². The van der Waals surface area contributed by atoms with E-state index < -0.39 is 17.6 Å². The van der Waals surface area contributed by atoms with Gasteiger partial charge < -0.3 is 4.42 Å². The number of hydrogen-bond acceptors (Lipinski definition) is 4. The zero-order valence-corrected chi connectivity index (χ0v) is 16.9. The Morgan fingerprint density at radius 2 is 1.56 bits per heavy atom. The van der Waals surface area contributed by atoms with Gasteiger partial charge in [-0.15, -0.1) is 0 Å². The average molecular weight is 430 g/mol. The predicted molar refractivity (Wildman–Crippen MR) is 112 cm³/mol. The Morgan fingerprint density at radius 3 is 2.19 bits per heavy atom. The van der Waals surface area contributed by atoms with E-state index in [1.807, 2.05) is 6.07 Å². The molecule has 5 nitrogen and oxygen atoms in total. The quantitative estimate of drug-likeness (QED) is 0.430. The summed E-state index contributed by atoms with van der Waals surface area (Å²) in [6.07, 6.45) is 1.46. The summed E-state index contributed by atoms with van der Waals surface area (Å²) in [5.41, 5.74) is 1.44. The molecular formula is C25H16F2N2O3. The first-order valence-corrected chi connectivity index (χ1v) is 9.67. The van der Waals surface area contributed by atoms with Crippen LogP contribution in [-0.4, -0.2) is 16.7 Å². The van der Waals surface area contributed by atoms with Gasteiger partial charge in [0, 0.05) is 11.1 Å². The molecule has 32 heavy (non-hydrogen) atoms. The third kappa shape index (κ3) is 3.98. The Hall–Kier alpha value is -4.31. The number of furan rings is 1. The van der Waals surface area contributed by atoms with Crippen molar-refractivity contribution in [2.24, 2.45) is 0 Å². The lowest BCUT2D eigenvalue weighted by molar-refractivity contribution is -0.141. The number of carbonyl (C=O) groups excluding carboxylic acids is 2. The van der Waals surface area contributed by atoms with Crippen molar-refractivity contribution in [3.63, 3.8) is 0 Å². The predicted octanol–water partition coefficient (Wildman–Crippen LogP) is 5.02. The minimum absolute atomic E-state index is 0.104. The van der Waals surface area contributed by atoms with E-state index in [4.69, 9.17) is 4.42 Å². The molecule has 0 unspecified atom stereocenters. The molecule has 0 bridgehead atoms. The maximum absolute atomic E-state index is 13.2. The van der Waals surface area contributed by atoms with Crippen molar-refractivity contribution >= 4 is 17.9 Å². The van der Waals surface area contributed by atoms with E-state index in [-0.39, 0.29) is 29.1 Å². The summed E-state index contributed by atoms with van der Waals surface area (Å²) >= 11 is 0. The molecule has 0 spiro atoms. The second-order valence-corrected chi connectivity index (χ2v) is 7.20. The Bertz CT molecular complexity index is 1310. The van der Waals surface area contributed by atoms with E-state index in [0.717, 1.165) is 4.90 Å². The summed E-state index contributed by atoms with van der Waals surface area (Å²) in [5, 5.41) is 9.50. The SMILES string of the molecule is CC1=C(C#N)C(=O)N(Cc2ccc(F)cc2)C(=O)/C1=C/c1ccc(-c2ccc(F)cc2)o1. The van der Waals surface area contributed by atoms with Gasteiger partial charge in [0.1, 0.15) is 34.8 Å². The molecule has 0 saturated heterocycles. The number of rotatable bonds is 4. The minimum Gasteiger partial charge on any atom is -0.457 e. The summed E-state index contributed by atoms with van der Waals surface area (Å²) in [7, 11) is 0. The fraction of sp³-hybridized carbons (Fsp3) is 0.0800. The fourth-order valence-corrected chi connectivity index (χ4v) is 3.39. The van der Waals surface area contributed by atoms with E-state index in [2.05, 4.69) is 0 Å². The second kappa shape index (κ2) is 8.44. The zero-order valence-electron chi connectivity index (χ0n) is 16.9. The van der Waals surface area contributed by atoms with Crippen LogP contribution in [0.1, 0.15) is 18.2 Å². The Balaban J connectivity index is 1.70. The maximum Gasteiger partial charge on any atom is 0.271 e. The highest BCUT2D eigenvalue weighted by atomic mass is 19.1. The van der Waals surface area contributed by atoms with Crippen molar-refractivity contribution in [1.29, 1.82) is 5.26 Å². The monoisotopic (exact) mass is 430 g/mol. The minimum atomic E-state index is -0.706. The molecule has 7 heteroatoms. The zero-order chi connectivity index (χ0) is 22.8. The molecule has 0 saturated carbocycles. The van der Waals surface area contributed by atoms with Crippen molar-refractivity contribution < 1.29 is 22.8 Å². The van der Waals surface area contributed by atoms with Crippen LogP contribution in [0.2, 0.25) is 0 Å². The molecular weight excluding hydrogens is 414 g/mol. The van der Waals surface area contributed by atoms with Gasteiger partial charge in [-0.2, -0.15) is 5.26 Å². The summed E-state index contributed by atoms with van der Waals surface area (Å²) in [4.78, 5) is 26.8. The normalized spacial score (nSPS) is 15.4. The second-order valence-electron chi connectivity index (χ2n) is 7.20. The number of nitrogens with zero attached hydrogens (tertiary/aromatic N) is 2. The Labute approximate surface area is 182 Å². The van der Waals surface area contributed by atoms with Crippen LogP contribution in [0.15, 0.2) is 81.8 Å². The van der Waals surface area contributed by atoms with E-state index in [1.54, 1.807) is 24.3 Å². The third-order valence-electron chi connectivity index (χ3n) is 5.12. The van der Waals surface area contributed by atoms with Gasteiger partial charge in [-0.25, -0.2) is 8.78 Å². The molecule has 1 aromatic heterocycles. The largest absolute Gasteiger partial charge is 0.457 e. The molecule has 2 aromatic carbocycles. The molecule has 1 aliphatic heterocycles. The highest BCUT2D eigenvalue weighted by Crippen LogP contribution is 2.30. The number of nitriles is 1. The van der Waals surface area contributed by atoms with Crippen molar-refractivity contribution in [3.8, 4) is 17.4 Å². The summed E-state index contributed by atoms with van der Waals surface area (Å²) < 4.78 is 32.1. The lowest BCUT2D eigenvalue weighted by Gasteiger charge is -2.27. The van der Waals surface area contributed by atoms with Gasteiger partial charge in [-0.05, 0) is 72.7 Å². The molecule has 0 atom stereocenters. The van der Waals surface area contributed by atoms with Crippen LogP contribution in [0, 0.1) is 23.0 Å². The van der Waals surface area contributed by atoms with Gasteiger partial charge in [-0.1, -0.05) is 12.1 Å². The number of imide groups is 1. The van der Waals surface area contributed by atoms with Gasteiger partial charge >= 0.3 is 0 Å². The molecule has 0 aliphatic carbocycles. The van der Waals surface area contributed by atoms with Crippen molar-refractivity contribution in [2.45, 2.75) is 13.5 Å². The summed E-state index contributed by atoms with van der Waals surface area (Å²) in [6, 6.07) is 16.4. The number of carbonyl (C=O) groups is 2. The first-order chi connectivity index (χ1) is 15.4. The lowest BCUT2D eigenvalue weighted by atomic mass is 9.94. The van der Waals surface area contributed by atoms with E-state index in [1.165, 1.54) is 49.4 Å². The summed E-state index contributed by atoms with van der Waals surface area (Å²) in [6.45, 7) is 1.42. The Morgan fingerprint density at radius 1 is 0.938 bits per heavy atom. The van der Waals surface area contributed by atoms with Crippen LogP contribution in [0.5, 0.6) is 0 Å². The molecule has 0 N–H and O–H groups in total. The standard InChI is InChI=1S/C25H16F2N2O3/c1-15-21(12-20-10-11-23(32-20)17-4-8-19(27)9-5-17)24(30)29(25(31)22(15)13-28)14-16-2-6-18(26)7-3-16/h2-12H,14H2,1H3/b21-12+. The lowest BCUT2D eigenvalue weighted by Crippen LogP contribution is -2.42. The molecule has 2 heterocycles. The van der Waals surface area contributed by atoms with E-state index >= 15 is 0 Å². The molecule has 2 amide bonds. The van der Waals surface area contributed by atoms with Crippen LogP contribution < -0.4 is 0 Å². The van der Waals surface area contributed by atoms with Crippen molar-refractivity contribution in [3.05, 3.63) is 100 Å². The maximum atomic E-state index is 13.2. The first kappa shape index (κ1) is 20.9. The first-order valence-electron chi connectivity index (χ1n) is 9.67. The highest BCUT2D eigenvalue weighted by Gasteiger charge is 2.35. The molecule has 158 valence electrons. The van der Waals surface area contributed by atoms with Gasteiger partial charge in [0.15, 0.2) is 0 Å². The third-order valence-corrected chi connectivity index (χ3v) is 5.12. The molecule has 4 rings (SSSR count).